The minimum absolute atomic E-state index is 0.152. The molecule has 6 heteroatoms. The summed E-state index contributed by atoms with van der Waals surface area (Å²) < 4.78 is 23.1. The summed E-state index contributed by atoms with van der Waals surface area (Å²) in [4.78, 5) is 12.0. The molecule has 3 saturated carbocycles. The second kappa shape index (κ2) is 5.99. The van der Waals surface area contributed by atoms with Gasteiger partial charge in [-0.3, -0.25) is 0 Å². The standard InChI is InChI=1S/C20H27BO5/c1-19(2)13-9-15(19)20(3)16(10-13)25-21(26-20)11-12-7-6-8-14(17(12)23-4)18(22)24-5/h6-8,13,15-16H,9-11H2,1-5H3/t13-,15-,16+,20-/m0/s1. The number of para-hydroxylation sites is 1. The quantitative estimate of drug-likeness (QED) is 0.611. The Morgan fingerprint density at radius 1 is 1.27 bits per heavy atom. The Kier molecular flexibility index (Phi) is 4.12. The molecule has 0 amide bonds. The molecule has 3 aliphatic carbocycles. The first-order valence-corrected chi connectivity index (χ1v) is 9.38. The number of hydrogen-bond donors (Lipinski definition) is 0. The van der Waals surface area contributed by atoms with Crippen LogP contribution in [0.1, 0.15) is 49.5 Å². The molecule has 2 bridgehead atoms. The molecule has 0 unspecified atom stereocenters. The first kappa shape index (κ1) is 17.9. The number of benzene rings is 1. The van der Waals surface area contributed by atoms with E-state index >= 15 is 0 Å². The van der Waals surface area contributed by atoms with Crippen molar-refractivity contribution in [2.45, 2.75) is 51.6 Å². The summed E-state index contributed by atoms with van der Waals surface area (Å²) in [6.07, 6.45) is 3.00. The predicted octanol–water partition coefficient (Wildman–Crippen LogP) is 3.29. The highest BCUT2D eigenvalue weighted by molar-refractivity contribution is 6.45. The van der Waals surface area contributed by atoms with Crippen molar-refractivity contribution in [2.24, 2.45) is 17.3 Å². The van der Waals surface area contributed by atoms with Crippen molar-refractivity contribution < 1.29 is 23.6 Å². The van der Waals surface area contributed by atoms with Gasteiger partial charge in [-0.15, -0.1) is 0 Å². The Balaban J connectivity index is 1.56. The molecule has 1 aliphatic heterocycles. The van der Waals surface area contributed by atoms with Crippen LogP contribution in [0, 0.1) is 17.3 Å². The van der Waals surface area contributed by atoms with Gasteiger partial charge in [0.15, 0.2) is 0 Å². The molecule has 4 fully saturated rings. The number of carbonyl (C=O) groups is 1. The highest BCUT2D eigenvalue weighted by Crippen LogP contribution is 2.65. The van der Waals surface area contributed by atoms with Crippen molar-refractivity contribution in [1.82, 2.24) is 0 Å². The molecule has 0 aromatic heterocycles. The third-order valence-electron chi connectivity index (χ3n) is 7.09. The van der Waals surface area contributed by atoms with Gasteiger partial charge in [0.2, 0.25) is 0 Å². The van der Waals surface area contributed by atoms with E-state index in [0.29, 0.717) is 29.0 Å². The lowest BCUT2D eigenvalue weighted by molar-refractivity contribution is -0.199. The topological polar surface area (TPSA) is 54.0 Å². The van der Waals surface area contributed by atoms with Crippen LogP contribution >= 0.6 is 0 Å². The lowest BCUT2D eigenvalue weighted by Gasteiger charge is -2.64. The maximum atomic E-state index is 12.0. The second-order valence-corrected chi connectivity index (χ2v) is 8.59. The molecular formula is C20H27BO5. The smallest absolute Gasteiger partial charge is 0.462 e. The van der Waals surface area contributed by atoms with Gasteiger partial charge in [0.1, 0.15) is 11.3 Å². The van der Waals surface area contributed by atoms with Crippen molar-refractivity contribution in [3.05, 3.63) is 29.3 Å². The van der Waals surface area contributed by atoms with E-state index in [-0.39, 0.29) is 18.8 Å². The molecule has 5 rings (SSSR count). The minimum atomic E-state index is -0.403. The maximum absolute atomic E-state index is 12.0. The van der Waals surface area contributed by atoms with Gasteiger partial charge in [-0.1, -0.05) is 26.0 Å². The Bertz CT molecular complexity index is 733. The van der Waals surface area contributed by atoms with Crippen molar-refractivity contribution in [3.63, 3.8) is 0 Å². The summed E-state index contributed by atoms with van der Waals surface area (Å²) in [5.41, 5.74) is 1.43. The molecule has 1 aromatic carbocycles. The zero-order valence-electron chi connectivity index (χ0n) is 16.2. The molecule has 0 radical (unpaired) electrons. The summed E-state index contributed by atoms with van der Waals surface area (Å²) in [5, 5.41) is 0. The van der Waals surface area contributed by atoms with Gasteiger partial charge in [-0.2, -0.15) is 0 Å². The molecule has 0 N–H and O–H groups in total. The summed E-state index contributed by atoms with van der Waals surface area (Å²) in [6.45, 7) is 6.92. The van der Waals surface area contributed by atoms with Gasteiger partial charge in [-0.25, -0.2) is 4.79 Å². The summed E-state index contributed by atoms with van der Waals surface area (Å²) >= 11 is 0. The third kappa shape index (κ3) is 2.42. The van der Waals surface area contributed by atoms with Crippen LogP contribution in [-0.2, 0) is 20.4 Å². The van der Waals surface area contributed by atoms with Crippen molar-refractivity contribution in [3.8, 4) is 5.75 Å². The lowest BCUT2D eigenvalue weighted by atomic mass is 9.43. The van der Waals surface area contributed by atoms with Crippen LogP contribution in [-0.4, -0.2) is 39.0 Å². The highest BCUT2D eigenvalue weighted by atomic mass is 16.7. The van der Waals surface area contributed by atoms with E-state index < -0.39 is 5.97 Å². The van der Waals surface area contributed by atoms with E-state index in [9.17, 15) is 4.79 Å². The van der Waals surface area contributed by atoms with Crippen LogP contribution in [0.4, 0.5) is 0 Å². The number of rotatable bonds is 4. The highest BCUT2D eigenvalue weighted by Gasteiger charge is 2.67. The number of carbonyl (C=O) groups excluding carboxylic acids is 1. The third-order valence-corrected chi connectivity index (χ3v) is 7.09. The average Bonchev–Trinajstić information content (AvgIpc) is 2.95. The number of esters is 1. The van der Waals surface area contributed by atoms with Gasteiger partial charge in [-0.05, 0) is 48.6 Å². The molecule has 4 atom stereocenters. The molecule has 5 nitrogen and oxygen atoms in total. The fraction of sp³-hybridized carbons (Fsp3) is 0.650. The zero-order valence-corrected chi connectivity index (χ0v) is 16.2. The van der Waals surface area contributed by atoms with E-state index in [1.165, 1.54) is 13.5 Å². The first-order chi connectivity index (χ1) is 12.3. The van der Waals surface area contributed by atoms with Crippen molar-refractivity contribution in [1.29, 1.82) is 0 Å². The predicted molar refractivity (Wildman–Crippen MR) is 98.1 cm³/mol. The van der Waals surface area contributed by atoms with E-state index in [1.54, 1.807) is 13.2 Å². The fourth-order valence-electron chi connectivity index (χ4n) is 5.48. The monoisotopic (exact) mass is 358 g/mol. The van der Waals surface area contributed by atoms with E-state index in [4.69, 9.17) is 18.8 Å². The Labute approximate surface area is 155 Å². The van der Waals surface area contributed by atoms with E-state index in [1.807, 2.05) is 12.1 Å². The van der Waals surface area contributed by atoms with Gasteiger partial charge in [0, 0.05) is 6.32 Å². The normalized spacial score (nSPS) is 34.0. The zero-order chi connectivity index (χ0) is 18.7. The number of ether oxygens (including phenoxy) is 2. The van der Waals surface area contributed by atoms with Crippen LogP contribution < -0.4 is 4.74 Å². The fourth-order valence-corrected chi connectivity index (χ4v) is 5.48. The molecule has 4 aliphatic rings. The summed E-state index contributed by atoms with van der Waals surface area (Å²) in [5.74, 6) is 1.40. The van der Waals surface area contributed by atoms with Crippen LogP contribution in [0.25, 0.3) is 0 Å². The number of hydrogen-bond acceptors (Lipinski definition) is 5. The maximum Gasteiger partial charge on any atom is 0.462 e. The Morgan fingerprint density at radius 2 is 2.04 bits per heavy atom. The lowest BCUT2D eigenvalue weighted by Crippen LogP contribution is -2.65. The van der Waals surface area contributed by atoms with Crippen LogP contribution in [0.5, 0.6) is 5.75 Å². The minimum Gasteiger partial charge on any atom is -0.496 e. The Hall–Kier alpha value is -1.53. The Morgan fingerprint density at radius 3 is 2.69 bits per heavy atom. The van der Waals surface area contributed by atoms with Crippen LogP contribution in [0.3, 0.4) is 0 Å². The van der Waals surface area contributed by atoms with Gasteiger partial charge >= 0.3 is 13.1 Å². The summed E-state index contributed by atoms with van der Waals surface area (Å²) in [6, 6.07) is 5.50. The molecule has 1 saturated heterocycles. The largest absolute Gasteiger partial charge is 0.496 e. The van der Waals surface area contributed by atoms with Crippen LogP contribution in [0.15, 0.2) is 18.2 Å². The average molecular weight is 358 g/mol. The molecule has 0 spiro atoms. The number of methoxy groups -OCH3 is 2. The van der Waals surface area contributed by atoms with E-state index in [0.717, 1.165) is 17.9 Å². The van der Waals surface area contributed by atoms with Gasteiger partial charge in [0.25, 0.3) is 0 Å². The second-order valence-electron chi connectivity index (χ2n) is 8.59. The molecule has 140 valence electrons. The van der Waals surface area contributed by atoms with Gasteiger partial charge < -0.3 is 18.8 Å². The molecule has 1 aromatic rings. The molecular weight excluding hydrogens is 331 g/mol. The summed E-state index contributed by atoms with van der Waals surface area (Å²) in [7, 11) is 2.62. The SMILES string of the molecule is COC(=O)c1cccc(CB2O[C@@H]3C[C@@H]4C[C@@H](C4(C)C)[C@]3(C)O2)c1OC. The first-order valence-electron chi connectivity index (χ1n) is 9.38. The van der Waals surface area contributed by atoms with E-state index in [2.05, 4.69) is 20.8 Å². The van der Waals surface area contributed by atoms with Crippen molar-refractivity contribution in [2.75, 3.05) is 14.2 Å². The van der Waals surface area contributed by atoms with Crippen molar-refractivity contribution >= 4 is 13.1 Å². The molecule has 26 heavy (non-hydrogen) atoms. The van der Waals surface area contributed by atoms with Crippen LogP contribution in [0.2, 0.25) is 0 Å². The van der Waals surface area contributed by atoms with Gasteiger partial charge in [0.05, 0.1) is 25.9 Å². The molecule has 1 heterocycles.